The summed E-state index contributed by atoms with van der Waals surface area (Å²) in [4.78, 5) is 36.6. The molecule has 0 radical (unpaired) electrons. The summed E-state index contributed by atoms with van der Waals surface area (Å²) in [5.74, 6) is -2.17. The number of carbonyl (C=O) groups excluding carboxylic acids is 2. The SMILES string of the molecule is CC1CC(NC(=O)C(CC(=O)O)NC(=O)OCC2c3ccccc3-c3ccccc32)CCS1(=O)=O. The highest BCUT2D eigenvalue weighted by atomic mass is 32.2. The molecule has 1 aliphatic carbocycles. The molecule has 3 unspecified atom stereocenters. The number of sulfone groups is 1. The van der Waals surface area contributed by atoms with Crippen LogP contribution in [0.4, 0.5) is 4.79 Å². The van der Waals surface area contributed by atoms with E-state index in [1.165, 1.54) is 0 Å². The Bertz CT molecular complexity index is 1200. The van der Waals surface area contributed by atoms with Crippen molar-refractivity contribution in [1.82, 2.24) is 10.6 Å². The van der Waals surface area contributed by atoms with Gasteiger partial charge in [0.2, 0.25) is 5.91 Å². The van der Waals surface area contributed by atoms with Crippen LogP contribution in [0, 0.1) is 0 Å². The van der Waals surface area contributed by atoms with Crippen molar-refractivity contribution in [2.45, 2.75) is 49.4 Å². The molecule has 3 atom stereocenters. The van der Waals surface area contributed by atoms with Gasteiger partial charge in [0.05, 0.1) is 17.4 Å². The molecule has 9 nitrogen and oxygen atoms in total. The van der Waals surface area contributed by atoms with E-state index in [9.17, 15) is 27.9 Å². The number of amides is 2. The molecule has 2 amide bonds. The molecule has 2 aliphatic rings. The van der Waals surface area contributed by atoms with Crippen molar-refractivity contribution in [1.29, 1.82) is 0 Å². The maximum Gasteiger partial charge on any atom is 0.407 e. The van der Waals surface area contributed by atoms with Crippen LogP contribution < -0.4 is 10.6 Å². The molecule has 4 rings (SSSR count). The summed E-state index contributed by atoms with van der Waals surface area (Å²) >= 11 is 0. The second kappa shape index (κ2) is 10.1. The Morgan fingerprint density at radius 3 is 2.23 bits per heavy atom. The number of alkyl carbamates (subject to hydrolysis) is 1. The molecule has 0 saturated carbocycles. The molecule has 0 aromatic heterocycles. The van der Waals surface area contributed by atoms with Crippen molar-refractivity contribution >= 4 is 27.8 Å². The van der Waals surface area contributed by atoms with E-state index < -0.39 is 51.6 Å². The number of hydrogen-bond acceptors (Lipinski definition) is 6. The zero-order valence-corrected chi connectivity index (χ0v) is 20.1. The van der Waals surface area contributed by atoms with E-state index in [-0.39, 0.29) is 31.1 Å². The molecule has 10 heteroatoms. The first-order valence-corrected chi connectivity index (χ1v) is 13.2. The van der Waals surface area contributed by atoms with Gasteiger partial charge in [-0.05, 0) is 42.0 Å². The maximum absolute atomic E-state index is 12.7. The molecule has 2 aromatic carbocycles. The van der Waals surface area contributed by atoms with Crippen LogP contribution in [0.3, 0.4) is 0 Å². The van der Waals surface area contributed by atoms with E-state index in [2.05, 4.69) is 10.6 Å². The third-order valence-electron chi connectivity index (χ3n) is 6.66. The number of aliphatic carboxylic acids is 1. The van der Waals surface area contributed by atoms with Crippen LogP contribution in [-0.4, -0.2) is 61.2 Å². The predicted molar refractivity (Wildman–Crippen MR) is 129 cm³/mol. The Morgan fingerprint density at radius 1 is 1.06 bits per heavy atom. The lowest BCUT2D eigenvalue weighted by Gasteiger charge is -2.29. The lowest BCUT2D eigenvalue weighted by molar-refractivity contribution is -0.140. The first-order chi connectivity index (χ1) is 16.7. The highest BCUT2D eigenvalue weighted by Gasteiger charge is 2.34. The monoisotopic (exact) mass is 500 g/mol. The molecule has 0 bridgehead atoms. The van der Waals surface area contributed by atoms with E-state index in [1.807, 2.05) is 48.5 Å². The summed E-state index contributed by atoms with van der Waals surface area (Å²) in [6.45, 7) is 1.61. The van der Waals surface area contributed by atoms with Crippen LogP contribution in [0.1, 0.15) is 43.2 Å². The normalized spacial score (nSPS) is 21.3. The van der Waals surface area contributed by atoms with Crippen LogP contribution in [0.5, 0.6) is 0 Å². The molecular formula is C25H28N2O7S. The fraction of sp³-hybridized carbons (Fsp3) is 0.400. The average molecular weight is 501 g/mol. The second-order valence-electron chi connectivity index (χ2n) is 9.03. The number of rotatable bonds is 7. The Labute approximate surface area is 203 Å². The van der Waals surface area contributed by atoms with Gasteiger partial charge >= 0.3 is 12.1 Å². The number of hydrogen-bond donors (Lipinski definition) is 3. The fourth-order valence-electron chi connectivity index (χ4n) is 4.77. The van der Waals surface area contributed by atoms with Crippen molar-refractivity contribution in [3.63, 3.8) is 0 Å². The van der Waals surface area contributed by atoms with Crippen molar-refractivity contribution in [3.8, 4) is 11.1 Å². The summed E-state index contributed by atoms with van der Waals surface area (Å²) in [7, 11) is -3.18. The number of carbonyl (C=O) groups is 3. The lowest BCUT2D eigenvalue weighted by Crippen LogP contribution is -2.52. The predicted octanol–water partition coefficient (Wildman–Crippen LogP) is 2.45. The van der Waals surface area contributed by atoms with Gasteiger partial charge in [0, 0.05) is 12.0 Å². The molecule has 2 aromatic rings. The van der Waals surface area contributed by atoms with Gasteiger partial charge < -0.3 is 20.5 Å². The Hall–Kier alpha value is -3.40. The van der Waals surface area contributed by atoms with Gasteiger partial charge in [0.15, 0.2) is 9.84 Å². The minimum atomic E-state index is -3.18. The minimum absolute atomic E-state index is 0.0271. The van der Waals surface area contributed by atoms with Gasteiger partial charge in [0.25, 0.3) is 0 Å². The standard InChI is InChI=1S/C25H28N2O7S/c1-15-12-16(10-11-35(15,32)33)26-24(30)22(13-23(28)29)27-25(31)34-14-21-19-8-4-2-6-17(19)18-7-3-5-9-20(18)21/h2-9,15-16,21-22H,10-14H2,1H3,(H,26,30)(H,27,31)(H,28,29). The largest absolute Gasteiger partial charge is 0.481 e. The van der Waals surface area contributed by atoms with Gasteiger partial charge in [-0.3, -0.25) is 9.59 Å². The van der Waals surface area contributed by atoms with Crippen LogP contribution in [0.25, 0.3) is 11.1 Å². The average Bonchev–Trinajstić information content (AvgIpc) is 3.13. The zero-order valence-electron chi connectivity index (χ0n) is 19.3. The Morgan fingerprint density at radius 2 is 1.66 bits per heavy atom. The molecule has 1 heterocycles. The minimum Gasteiger partial charge on any atom is -0.481 e. The van der Waals surface area contributed by atoms with Crippen molar-refractivity contribution in [2.24, 2.45) is 0 Å². The number of benzene rings is 2. The van der Waals surface area contributed by atoms with Crippen LogP contribution >= 0.6 is 0 Å². The van der Waals surface area contributed by atoms with Crippen LogP contribution in [0.2, 0.25) is 0 Å². The van der Waals surface area contributed by atoms with Crippen LogP contribution in [0.15, 0.2) is 48.5 Å². The van der Waals surface area contributed by atoms with E-state index in [4.69, 9.17) is 4.74 Å². The van der Waals surface area contributed by atoms with Crippen LogP contribution in [-0.2, 0) is 24.2 Å². The number of carboxylic acids is 1. The van der Waals surface area contributed by atoms with Crippen molar-refractivity contribution in [2.75, 3.05) is 12.4 Å². The number of fused-ring (bicyclic) bond motifs is 3. The van der Waals surface area contributed by atoms with E-state index in [1.54, 1.807) is 6.92 Å². The number of carboxylic acid groups (broad SMARTS) is 1. The lowest BCUT2D eigenvalue weighted by atomic mass is 9.98. The number of nitrogens with one attached hydrogen (secondary N) is 2. The molecule has 1 fully saturated rings. The molecule has 3 N–H and O–H groups in total. The van der Waals surface area contributed by atoms with Gasteiger partial charge in [0.1, 0.15) is 12.6 Å². The summed E-state index contributed by atoms with van der Waals surface area (Å²) < 4.78 is 29.3. The molecular weight excluding hydrogens is 472 g/mol. The summed E-state index contributed by atoms with van der Waals surface area (Å²) in [5, 5.41) is 13.7. The third-order valence-corrected chi connectivity index (χ3v) is 8.88. The van der Waals surface area contributed by atoms with E-state index in [0.717, 1.165) is 22.3 Å². The van der Waals surface area contributed by atoms with E-state index >= 15 is 0 Å². The first kappa shape index (κ1) is 24.7. The first-order valence-electron chi connectivity index (χ1n) is 11.5. The molecule has 186 valence electrons. The summed E-state index contributed by atoms with van der Waals surface area (Å²) in [6.07, 6.45) is -1.05. The molecule has 1 aliphatic heterocycles. The molecule has 35 heavy (non-hydrogen) atoms. The van der Waals surface area contributed by atoms with Crippen molar-refractivity contribution < 1.29 is 32.6 Å². The third kappa shape index (κ3) is 5.48. The summed E-state index contributed by atoms with van der Waals surface area (Å²) in [5.41, 5.74) is 4.21. The molecule has 0 spiro atoms. The quantitative estimate of drug-likeness (QED) is 0.531. The highest BCUT2D eigenvalue weighted by molar-refractivity contribution is 7.92. The summed E-state index contributed by atoms with van der Waals surface area (Å²) in [6, 6.07) is 14.0. The van der Waals surface area contributed by atoms with Crippen molar-refractivity contribution in [3.05, 3.63) is 59.7 Å². The molecule has 1 saturated heterocycles. The topological polar surface area (TPSA) is 139 Å². The maximum atomic E-state index is 12.7. The van der Waals surface area contributed by atoms with Gasteiger partial charge in [-0.15, -0.1) is 0 Å². The fourth-order valence-corrected chi connectivity index (χ4v) is 6.31. The van der Waals surface area contributed by atoms with Gasteiger partial charge in [-0.1, -0.05) is 48.5 Å². The van der Waals surface area contributed by atoms with E-state index in [0.29, 0.717) is 0 Å². The van der Waals surface area contributed by atoms with Gasteiger partial charge in [-0.2, -0.15) is 0 Å². The highest BCUT2D eigenvalue weighted by Crippen LogP contribution is 2.44. The Balaban J connectivity index is 1.39. The van der Waals surface area contributed by atoms with Gasteiger partial charge in [-0.25, -0.2) is 13.2 Å². The number of ether oxygens (including phenoxy) is 1. The zero-order chi connectivity index (χ0) is 25.2. The Kier molecular flexibility index (Phi) is 7.11. The second-order valence-corrected chi connectivity index (χ2v) is 11.6. The smallest absolute Gasteiger partial charge is 0.407 e.